The van der Waals surface area contributed by atoms with Crippen LogP contribution in [-0.4, -0.2) is 66.5 Å². The maximum atomic E-state index is 12.8. The summed E-state index contributed by atoms with van der Waals surface area (Å²) < 4.78 is 21.0. The number of rotatable bonds is 3. The summed E-state index contributed by atoms with van der Waals surface area (Å²) in [6.45, 7) is 5.71. The minimum Gasteiger partial charge on any atom is -0.493 e. The molecule has 0 saturated carbocycles. The van der Waals surface area contributed by atoms with Gasteiger partial charge in [-0.25, -0.2) is 9.59 Å². The summed E-state index contributed by atoms with van der Waals surface area (Å²) >= 11 is 0. The minimum absolute atomic E-state index is 0.0547. The molecule has 0 aliphatic carbocycles. The van der Waals surface area contributed by atoms with Crippen LogP contribution >= 0.6 is 0 Å². The maximum absolute atomic E-state index is 12.8. The first kappa shape index (κ1) is 21.8. The van der Waals surface area contributed by atoms with Gasteiger partial charge < -0.3 is 29.0 Å². The lowest BCUT2D eigenvalue weighted by Gasteiger charge is -2.45. The third-order valence-corrected chi connectivity index (χ3v) is 5.06. The van der Waals surface area contributed by atoms with E-state index in [-0.39, 0.29) is 12.2 Å². The second kappa shape index (κ2) is 8.06. The molecule has 164 valence electrons. The Morgan fingerprint density at radius 2 is 1.73 bits per heavy atom. The molecule has 30 heavy (non-hydrogen) atoms. The van der Waals surface area contributed by atoms with Crippen LogP contribution < -0.4 is 9.47 Å². The van der Waals surface area contributed by atoms with E-state index >= 15 is 0 Å². The third-order valence-electron chi connectivity index (χ3n) is 5.06. The van der Waals surface area contributed by atoms with Gasteiger partial charge in [-0.3, -0.25) is 4.90 Å². The molecule has 2 unspecified atom stereocenters. The van der Waals surface area contributed by atoms with Crippen LogP contribution in [0.1, 0.15) is 38.0 Å². The standard InChI is InChI=1S/C21H28N2O7/c1-21(2,3)30-20(26)23-11-14-18(24)13-8-17(28-5)16(27-4)7-12(13)9-22(14)10-15(23)19(25)29-6/h7-8,10,14,18,24H,9,11H2,1-6H3. The van der Waals surface area contributed by atoms with Crippen LogP contribution in [0.3, 0.4) is 0 Å². The number of methoxy groups -OCH3 is 3. The van der Waals surface area contributed by atoms with Crippen LogP contribution in [-0.2, 0) is 20.8 Å². The van der Waals surface area contributed by atoms with Crippen molar-refractivity contribution in [3.8, 4) is 11.5 Å². The number of nitrogens with zero attached hydrogens (tertiary/aromatic N) is 2. The number of benzene rings is 1. The zero-order chi connectivity index (χ0) is 22.2. The molecule has 0 bridgehead atoms. The van der Waals surface area contributed by atoms with E-state index in [4.69, 9.17) is 18.9 Å². The van der Waals surface area contributed by atoms with Gasteiger partial charge >= 0.3 is 12.1 Å². The lowest BCUT2D eigenvalue weighted by atomic mass is 9.89. The number of amides is 1. The number of esters is 1. The molecule has 1 aromatic carbocycles. The summed E-state index contributed by atoms with van der Waals surface area (Å²) in [6, 6.07) is 3.07. The Morgan fingerprint density at radius 3 is 2.30 bits per heavy atom. The van der Waals surface area contributed by atoms with Crippen LogP contribution in [0.5, 0.6) is 11.5 Å². The lowest BCUT2D eigenvalue weighted by molar-refractivity contribution is -0.139. The first-order valence-electron chi connectivity index (χ1n) is 9.59. The molecule has 0 aromatic heterocycles. The topological polar surface area (TPSA) is 97.8 Å². The molecule has 1 amide bonds. The van der Waals surface area contributed by atoms with Crippen molar-refractivity contribution >= 4 is 12.1 Å². The number of hydrogen-bond donors (Lipinski definition) is 1. The van der Waals surface area contributed by atoms with Crippen molar-refractivity contribution in [2.45, 2.75) is 45.1 Å². The zero-order valence-electron chi connectivity index (χ0n) is 18.1. The van der Waals surface area contributed by atoms with Gasteiger partial charge in [0.2, 0.25) is 0 Å². The monoisotopic (exact) mass is 420 g/mol. The van der Waals surface area contributed by atoms with Gasteiger partial charge in [-0.15, -0.1) is 0 Å². The summed E-state index contributed by atoms with van der Waals surface area (Å²) in [5.74, 6) is 0.396. The van der Waals surface area contributed by atoms with Gasteiger partial charge in [0.05, 0.1) is 33.9 Å². The molecular formula is C21H28N2O7. The largest absolute Gasteiger partial charge is 0.493 e. The van der Waals surface area contributed by atoms with Gasteiger partial charge in [0.25, 0.3) is 0 Å². The van der Waals surface area contributed by atoms with E-state index in [9.17, 15) is 14.7 Å². The quantitative estimate of drug-likeness (QED) is 0.743. The van der Waals surface area contributed by atoms with Crippen LogP contribution in [0.2, 0.25) is 0 Å². The molecule has 2 aliphatic heterocycles. The highest BCUT2D eigenvalue weighted by molar-refractivity contribution is 5.92. The highest BCUT2D eigenvalue weighted by atomic mass is 16.6. The molecule has 2 heterocycles. The number of hydrogen-bond acceptors (Lipinski definition) is 8. The molecule has 9 heteroatoms. The SMILES string of the molecule is COC(=O)C1=CN2Cc3cc(OC)c(OC)cc3C(O)C2CN1C(=O)OC(C)(C)C. The molecule has 0 spiro atoms. The molecule has 1 aromatic rings. The second-order valence-electron chi connectivity index (χ2n) is 8.19. The fraction of sp³-hybridized carbons (Fsp3) is 0.524. The van der Waals surface area contributed by atoms with Crippen molar-refractivity contribution in [3.05, 3.63) is 35.2 Å². The predicted molar refractivity (Wildman–Crippen MR) is 107 cm³/mol. The Bertz CT molecular complexity index is 875. The smallest absolute Gasteiger partial charge is 0.415 e. The number of carbonyl (C=O) groups excluding carboxylic acids is 2. The van der Waals surface area contributed by atoms with Gasteiger partial charge in [-0.2, -0.15) is 0 Å². The predicted octanol–water partition coefficient (Wildman–Crippen LogP) is 2.19. The summed E-state index contributed by atoms with van der Waals surface area (Å²) in [5, 5.41) is 11.1. The van der Waals surface area contributed by atoms with Gasteiger partial charge in [0, 0.05) is 12.7 Å². The average molecular weight is 420 g/mol. The number of ether oxygens (including phenoxy) is 4. The highest BCUT2D eigenvalue weighted by Gasteiger charge is 2.42. The molecular weight excluding hydrogens is 392 g/mol. The average Bonchev–Trinajstić information content (AvgIpc) is 2.70. The van der Waals surface area contributed by atoms with Crippen molar-refractivity contribution in [3.63, 3.8) is 0 Å². The van der Waals surface area contributed by atoms with Crippen molar-refractivity contribution in [1.29, 1.82) is 0 Å². The summed E-state index contributed by atoms with van der Waals surface area (Å²) in [6.07, 6.45) is -0.0645. The molecule has 3 rings (SSSR count). The molecule has 1 N–H and O–H groups in total. The number of carbonyl (C=O) groups is 2. The lowest BCUT2D eigenvalue weighted by Crippen LogP contribution is -2.54. The van der Waals surface area contributed by atoms with E-state index in [2.05, 4.69) is 0 Å². The van der Waals surface area contributed by atoms with Crippen LogP contribution in [0, 0.1) is 0 Å². The number of aliphatic hydroxyl groups excluding tert-OH is 1. The Morgan fingerprint density at radius 1 is 1.10 bits per heavy atom. The Labute approximate surface area is 175 Å². The molecule has 0 saturated heterocycles. The first-order valence-corrected chi connectivity index (χ1v) is 9.59. The first-order chi connectivity index (χ1) is 14.1. The second-order valence-corrected chi connectivity index (χ2v) is 8.19. The molecule has 0 radical (unpaired) electrons. The fourth-order valence-electron chi connectivity index (χ4n) is 3.67. The van der Waals surface area contributed by atoms with Crippen molar-refractivity contribution in [2.24, 2.45) is 0 Å². The number of aliphatic hydroxyl groups is 1. The van der Waals surface area contributed by atoms with E-state index in [0.29, 0.717) is 23.6 Å². The van der Waals surface area contributed by atoms with E-state index in [1.807, 2.05) is 4.90 Å². The summed E-state index contributed by atoms with van der Waals surface area (Å²) in [5.41, 5.74) is 0.839. The van der Waals surface area contributed by atoms with Crippen molar-refractivity contribution in [1.82, 2.24) is 9.80 Å². The maximum Gasteiger partial charge on any atom is 0.415 e. The molecule has 2 aliphatic rings. The third kappa shape index (κ3) is 4.02. The molecule has 9 nitrogen and oxygen atoms in total. The van der Waals surface area contributed by atoms with E-state index in [0.717, 1.165) is 5.56 Å². The molecule has 2 atom stereocenters. The molecule has 0 fully saturated rings. The van der Waals surface area contributed by atoms with Crippen LogP contribution in [0.25, 0.3) is 0 Å². The van der Waals surface area contributed by atoms with Gasteiger partial charge in [0.1, 0.15) is 17.4 Å². The number of fused-ring (bicyclic) bond motifs is 2. The Balaban J connectivity index is 2.01. The normalized spacial score (nSPS) is 20.6. The fourth-order valence-corrected chi connectivity index (χ4v) is 3.67. The van der Waals surface area contributed by atoms with Crippen molar-refractivity contribution in [2.75, 3.05) is 27.9 Å². The van der Waals surface area contributed by atoms with Crippen LogP contribution in [0.15, 0.2) is 24.0 Å². The Kier molecular flexibility index (Phi) is 5.85. The van der Waals surface area contributed by atoms with Gasteiger partial charge in [-0.1, -0.05) is 0 Å². The summed E-state index contributed by atoms with van der Waals surface area (Å²) in [7, 11) is 4.32. The van der Waals surface area contributed by atoms with Crippen molar-refractivity contribution < 1.29 is 33.6 Å². The van der Waals surface area contributed by atoms with Crippen LogP contribution in [0.4, 0.5) is 4.79 Å². The van der Waals surface area contributed by atoms with E-state index < -0.39 is 29.8 Å². The minimum atomic E-state index is -0.922. The van der Waals surface area contributed by atoms with E-state index in [1.165, 1.54) is 25.3 Å². The summed E-state index contributed by atoms with van der Waals surface area (Å²) in [4.78, 5) is 28.2. The van der Waals surface area contributed by atoms with E-state index in [1.54, 1.807) is 40.0 Å². The van der Waals surface area contributed by atoms with Gasteiger partial charge in [-0.05, 0) is 44.0 Å². The zero-order valence-corrected chi connectivity index (χ0v) is 18.1. The Hall–Kier alpha value is -2.94. The van der Waals surface area contributed by atoms with Gasteiger partial charge in [0.15, 0.2) is 11.5 Å². The highest BCUT2D eigenvalue weighted by Crippen LogP contribution is 2.41.